The standard InChI is InChI=1S/C32H32NOP/c1-24-22-25(2)30(26(3)23-24)33-31(34)32(20-13-21-32)35(27-14-7-4-8-15-27,28-16-9-5-10-17-28)29-18-11-6-12-19-29/h4-12,14-19,22-23H,13,20-21H2,1-3H3/p+1. The van der Waals surface area contributed by atoms with E-state index in [2.05, 4.69) is 129 Å². The van der Waals surface area contributed by atoms with Crippen molar-refractivity contribution < 1.29 is 4.79 Å². The summed E-state index contributed by atoms with van der Waals surface area (Å²) in [5, 5.41) is 6.76. The quantitative estimate of drug-likeness (QED) is 0.316. The van der Waals surface area contributed by atoms with Crippen LogP contribution in [0.4, 0.5) is 5.69 Å². The normalized spacial score (nSPS) is 14.7. The lowest BCUT2D eigenvalue weighted by Gasteiger charge is -2.48. The van der Waals surface area contributed by atoms with Gasteiger partial charge in [-0.2, -0.15) is 0 Å². The van der Waals surface area contributed by atoms with Gasteiger partial charge in [-0.15, -0.1) is 0 Å². The lowest BCUT2D eigenvalue weighted by atomic mass is 9.83. The molecule has 0 aromatic heterocycles. The molecule has 0 saturated heterocycles. The van der Waals surface area contributed by atoms with Crippen LogP contribution in [0.25, 0.3) is 0 Å². The van der Waals surface area contributed by atoms with Gasteiger partial charge in [-0.3, -0.25) is 4.79 Å². The van der Waals surface area contributed by atoms with Gasteiger partial charge in [0.05, 0.1) is 0 Å². The zero-order chi connectivity index (χ0) is 24.5. The van der Waals surface area contributed by atoms with Crippen LogP contribution in [-0.4, -0.2) is 11.1 Å². The van der Waals surface area contributed by atoms with E-state index in [4.69, 9.17) is 0 Å². The molecule has 176 valence electrons. The minimum absolute atomic E-state index is 0.156. The van der Waals surface area contributed by atoms with Crippen LogP contribution in [0.2, 0.25) is 0 Å². The van der Waals surface area contributed by atoms with Crippen LogP contribution in [-0.2, 0) is 4.79 Å². The molecule has 0 aliphatic heterocycles. The van der Waals surface area contributed by atoms with E-state index in [9.17, 15) is 4.79 Å². The van der Waals surface area contributed by atoms with E-state index >= 15 is 0 Å². The number of aryl methyl sites for hydroxylation is 3. The molecule has 5 rings (SSSR count). The predicted octanol–water partition coefficient (Wildman–Crippen LogP) is 6.47. The van der Waals surface area contributed by atoms with E-state index < -0.39 is 12.4 Å². The van der Waals surface area contributed by atoms with Crippen molar-refractivity contribution in [3.63, 3.8) is 0 Å². The van der Waals surface area contributed by atoms with Crippen LogP contribution in [0, 0.1) is 20.8 Å². The molecular formula is C32H33NOP+. The van der Waals surface area contributed by atoms with Gasteiger partial charge in [0, 0.05) is 5.69 Å². The first kappa shape index (κ1) is 23.5. The maximum atomic E-state index is 14.6. The van der Waals surface area contributed by atoms with Gasteiger partial charge in [0.2, 0.25) is 0 Å². The van der Waals surface area contributed by atoms with Crippen molar-refractivity contribution in [2.24, 2.45) is 0 Å². The first-order valence-electron chi connectivity index (χ1n) is 12.4. The van der Waals surface area contributed by atoms with Crippen molar-refractivity contribution in [2.75, 3.05) is 5.32 Å². The summed E-state index contributed by atoms with van der Waals surface area (Å²) in [6.45, 7) is 6.30. The number of amides is 1. The molecule has 1 aliphatic carbocycles. The summed E-state index contributed by atoms with van der Waals surface area (Å²) in [4.78, 5) is 14.6. The van der Waals surface area contributed by atoms with E-state index in [1.807, 2.05) is 0 Å². The van der Waals surface area contributed by atoms with E-state index in [0.717, 1.165) is 36.1 Å². The molecule has 4 aromatic carbocycles. The van der Waals surface area contributed by atoms with Gasteiger partial charge in [-0.1, -0.05) is 72.3 Å². The Kier molecular flexibility index (Phi) is 6.34. The molecule has 35 heavy (non-hydrogen) atoms. The molecule has 1 N–H and O–H groups in total. The summed E-state index contributed by atoms with van der Waals surface area (Å²) in [6, 6.07) is 36.7. The monoisotopic (exact) mass is 478 g/mol. The highest BCUT2D eigenvalue weighted by Gasteiger charge is 2.69. The highest BCUT2D eigenvalue weighted by molar-refractivity contribution is 7.97. The van der Waals surface area contributed by atoms with Gasteiger partial charge in [-0.05, 0) is 87.6 Å². The summed E-state index contributed by atoms with van der Waals surface area (Å²) >= 11 is 0. The number of nitrogens with one attached hydrogen (secondary N) is 1. The first-order valence-corrected chi connectivity index (χ1v) is 14.2. The second kappa shape index (κ2) is 9.44. The summed E-state index contributed by atoms with van der Waals surface area (Å²) in [5.41, 5.74) is 4.41. The Morgan fingerprint density at radius 3 is 1.43 bits per heavy atom. The van der Waals surface area contributed by atoms with Crippen molar-refractivity contribution >= 4 is 34.8 Å². The highest BCUT2D eigenvalue weighted by atomic mass is 31.2. The van der Waals surface area contributed by atoms with E-state index in [1.54, 1.807) is 0 Å². The molecule has 0 spiro atoms. The molecule has 4 aromatic rings. The highest BCUT2D eigenvalue weighted by Crippen LogP contribution is 2.72. The fourth-order valence-electron chi connectivity index (χ4n) is 5.98. The Morgan fingerprint density at radius 2 is 1.09 bits per heavy atom. The maximum absolute atomic E-state index is 14.6. The van der Waals surface area contributed by atoms with Crippen molar-refractivity contribution in [1.29, 1.82) is 0 Å². The predicted molar refractivity (Wildman–Crippen MR) is 151 cm³/mol. The van der Waals surface area contributed by atoms with Gasteiger partial charge in [0.1, 0.15) is 23.2 Å². The molecule has 1 aliphatic rings. The van der Waals surface area contributed by atoms with E-state index in [1.165, 1.54) is 21.5 Å². The zero-order valence-corrected chi connectivity index (χ0v) is 21.7. The largest absolute Gasteiger partial charge is 0.322 e. The van der Waals surface area contributed by atoms with Crippen LogP contribution >= 0.6 is 7.26 Å². The lowest BCUT2D eigenvalue weighted by molar-refractivity contribution is -0.120. The van der Waals surface area contributed by atoms with Gasteiger partial charge >= 0.3 is 0 Å². The summed E-state index contributed by atoms with van der Waals surface area (Å²) < 4.78 is 0. The molecule has 0 atom stereocenters. The second-order valence-electron chi connectivity index (χ2n) is 9.79. The smallest absolute Gasteiger partial charge is 0.269 e. The lowest BCUT2D eigenvalue weighted by Crippen LogP contribution is -2.58. The number of hydrogen-bond acceptors (Lipinski definition) is 1. The molecule has 3 heteroatoms. The van der Waals surface area contributed by atoms with Crippen LogP contribution in [0.3, 0.4) is 0 Å². The molecule has 0 heterocycles. The van der Waals surface area contributed by atoms with Crippen molar-refractivity contribution in [2.45, 2.75) is 45.2 Å². The van der Waals surface area contributed by atoms with Crippen LogP contribution in [0.1, 0.15) is 36.0 Å². The number of hydrogen-bond donors (Lipinski definition) is 1. The average Bonchev–Trinajstić information content (AvgIpc) is 2.85. The Labute approximate surface area is 209 Å². The topological polar surface area (TPSA) is 29.1 Å². The molecule has 0 unspecified atom stereocenters. The molecule has 1 saturated carbocycles. The molecule has 0 radical (unpaired) electrons. The Bertz CT molecular complexity index is 1210. The number of rotatable bonds is 6. The van der Waals surface area contributed by atoms with E-state index in [-0.39, 0.29) is 5.91 Å². The number of carbonyl (C=O) groups is 1. The van der Waals surface area contributed by atoms with Gasteiger partial charge in [0.25, 0.3) is 5.91 Å². The van der Waals surface area contributed by atoms with Crippen LogP contribution in [0.5, 0.6) is 0 Å². The Balaban J connectivity index is 1.77. The minimum atomic E-state index is -2.33. The molecule has 0 bridgehead atoms. The summed E-state index contributed by atoms with van der Waals surface area (Å²) in [6.07, 6.45) is 2.83. The maximum Gasteiger partial charge on any atom is 0.269 e. The third kappa shape index (κ3) is 3.81. The first-order chi connectivity index (χ1) is 17.0. The molecule has 1 amide bonds. The fraction of sp³-hybridized carbons (Fsp3) is 0.219. The minimum Gasteiger partial charge on any atom is -0.322 e. The molecule has 1 fully saturated rings. The number of anilines is 1. The van der Waals surface area contributed by atoms with Gasteiger partial charge < -0.3 is 5.32 Å². The van der Waals surface area contributed by atoms with E-state index in [0.29, 0.717) is 0 Å². The van der Waals surface area contributed by atoms with Gasteiger partial charge in [0.15, 0.2) is 5.16 Å². The number of carbonyl (C=O) groups excluding carboxylic acids is 1. The third-order valence-corrected chi connectivity index (χ3v) is 12.7. The fourth-order valence-corrected chi connectivity index (χ4v) is 11.6. The Hall–Kier alpha value is -3.22. The molecular weight excluding hydrogens is 445 g/mol. The Morgan fingerprint density at radius 1 is 0.686 bits per heavy atom. The van der Waals surface area contributed by atoms with Crippen LogP contribution in [0.15, 0.2) is 103 Å². The second-order valence-corrected chi connectivity index (χ2v) is 13.5. The SMILES string of the molecule is Cc1cc(C)c(NC(=O)C2([P+](c3ccccc3)(c3ccccc3)c3ccccc3)CCC2)c(C)c1. The average molecular weight is 479 g/mol. The van der Waals surface area contributed by atoms with Gasteiger partial charge in [-0.25, -0.2) is 0 Å². The van der Waals surface area contributed by atoms with Crippen molar-refractivity contribution in [1.82, 2.24) is 0 Å². The van der Waals surface area contributed by atoms with Crippen molar-refractivity contribution in [3.8, 4) is 0 Å². The third-order valence-electron chi connectivity index (χ3n) is 7.59. The summed E-state index contributed by atoms with van der Waals surface area (Å²) in [5.74, 6) is 0.156. The van der Waals surface area contributed by atoms with Crippen molar-refractivity contribution in [3.05, 3.63) is 120 Å². The number of benzene rings is 4. The zero-order valence-electron chi connectivity index (χ0n) is 20.8. The van der Waals surface area contributed by atoms with Crippen LogP contribution < -0.4 is 21.2 Å². The molecule has 2 nitrogen and oxygen atoms in total. The summed E-state index contributed by atoms with van der Waals surface area (Å²) in [7, 11) is -2.33.